The van der Waals surface area contributed by atoms with Gasteiger partial charge in [0.25, 0.3) is 11.8 Å². The molecule has 2 N–H and O–H groups in total. The zero-order valence-electron chi connectivity index (χ0n) is 16.9. The van der Waals surface area contributed by atoms with Crippen molar-refractivity contribution < 1.29 is 44.7 Å². The molecule has 178 valence electrons. The highest BCUT2D eigenvalue weighted by Gasteiger charge is 2.84. The Morgan fingerprint density at radius 3 is 1.13 bits per heavy atom. The third-order valence-electron chi connectivity index (χ3n) is 4.39. The minimum atomic E-state index is -6.82. The Bertz CT molecular complexity index is 508. The Balaban J connectivity index is 5.24. The quantitative estimate of drug-likeness (QED) is 0.272. The summed E-state index contributed by atoms with van der Waals surface area (Å²) in [4.78, 5) is 22.7. The molecule has 30 heavy (non-hydrogen) atoms. The van der Waals surface area contributed by atoms with Gasteiger partial charge in [-0.3, -0.25) is 9.59 Å². The molecule has 0 spiro atoms. The molecule has 0 aromatic carbocycles. The van der Waals surface area contributed by atoms with E-state index in [1.807, 2.05) is 13.8 Å². The molecule has 0 aliphatic rings. The van der Waals surface area contributed by atoms with Crippen LogP contribution >= 0.6 is 0 Å². The first-order chi connectivity index (χ1) is 13.7. The van der Waals surface area contributed by atoms with Crippen molar-refractivity contribution in [3.05, 3.63) is 0 Å². The largest absolute Gasteiger partial charge is 0.392 e. The molecule has 0 atom stereocenters. The minimum absolute atomic E-state index is 0.105. The molecule has 12 heteroatoms. The second-order valence-electron chi connectivity index (χ2n) is 6.93. The molecule has 0 saturated carbocycles. The van der Waals surface area contributed by atoms with Gasteiger partial charge < -0.3 is 10.6 Å². The summed E-state index contributed by atoms with van der Waals surface area (Å²) in [6.45, 7) is 2.59. The molecule has 4 nitrogen and oxygen atoms in total. The second-order valence-corrected chi connectivity index (χ2v) is 6.93. The summed E-state index contributed by atoms with van der Waals surface area (Å²) in [6, 6.07) is 0. The average molecular weight is 456 g/mol. The normalized spacial score (nSPS) is 13.3. The number of hydrogen-bond acceptors (Lipinski definition) is 2. The van der Waals surface area contributed by atoms with Crippen molar-refractivity contribution in [1.82, 2.24) is 10.6 Å². The molecule has 0 rings (SSSR count). The molecule has 0 aromatic heterocycles. The van der Waals surface area contributed by atoms with Crippen LogP contribution in [0.15, 0.2) is 0 Å². The van der Waals surface area contributed by atoms with Gasteiger partial charge in [0.05, 0.1) is 0 Å². The SMILES string of the molecule is CCCCCCNC(=O)C(F)(F)C(F)(F)C(F)(F)C(F)(F)C(=O)NCCCCCC. The Kier molecular flexibility index (Phi) is 11.1. The summed E-state index contributed by atoms with van der Waals surface area (Å²) < 4.78 is 110. The van der Waals surface area contributed by atoms with E-state index in [9.17, 15) is 44.7 Å². The lowest BCUT2D eigenvalue weighted by Gasteiger charge is -2.35. The van der Waals surface area contributed by atoms with Gasteiger partial charge in [-0.15, -0.1) is 0 Å². The van der Waals surface area contributed by atoms with Gasteiger partial charge in [-0.1, -0.05) is 52.4 Å². The van der Waals surface area contributed by atoms with Crippen molar-refractivity contribution >= 4 is 11.8 Å². The number of unbranched alkanes of at least 4 members (excludes halogenated alkanes) is 6. The van der Waals surface area contributed by atoms with E-state index in [0.717, 1.165) is 12.8 Å². The van der Waals surface area contributed by atoms with E-state index in [-0.39, 0.29) is 12.8 Å². The van der Waals surface area contributed by atoms with Crippen molar-refractivity contribution in [3.63, 3.8) is 0 Å². The van der Waals surface area contributed by atoms with Gasteiger partial charge in [0, 0.05) is 13.1 Å². The maximum atomic E-state index is 13.8. The second kappa shape index (κ2) is 11.7. The smallest absolute Gasteiger partial charge is 0.351 e. The Morgan fingerprint density at radius 1 is 0.567 bits per heavy atom. The van der Waals surface area contributed by atoms with Crippen LogP contribution in [-0.2, 0) is 9.59 Å². The maximum Gasteiger partial charge on any atom is 0.392 e. The molecule has 0 saturated heterocycles. The van der Waals surface area contributed by atoms with Crippen molar-refractivity contribution in [2.75, 3.05) is 13.1 Å². The van der Waals surface area contributed by atoms with E-state index < -0.39 is 48.6 Å². The molecule has 0 heterocycles. The highest BCUT2D eigenvalue weighted by molar-refractivity contribution is 5.87. The monoisotopic (exact) mass is 456 g/mol. The molecular weight excluding hydrogens is 428 g/mol. The van der Waals surface area contributed by atoms with Gasteiger partial charge in [0.15, 0.2) is 0 Å². The van der Waals surface area contributed by atoms with Crippen LogP contribution in [0, 0.1) is 0 Å². The number of halogens is 8. The van der Waals surface area contributed by atoms with Crippen molar-refractivity contribution in [1.29, 1.82) is 0 Å². The number of alkyl halides is 8. The molecular formula is C18H28F8N2O2. The fourth-order valence-electron chi connectivity index (χ4n) is 2.41. The van der Waals surface area contributed by atoms with E-state index >= 15 is 0 Å². The molecule has 0 aliphatic heterocycles. The molecule has 0 bridgehead atoms. The number of amides is 2. The average Bonchev–Trinajstić information content (AvgIpc) is 2.66. The number of carbonyl (C=O) groups is 2. The van der Waals surface area contributed by atoms with E-state index in [4.69, 9.17) is 0 Å². The Labute approximate surface area is 170 Å². The first-order valence-electron chi connectivity index (χ1n) is 9.79. The standard InChI is InChI=1S/C18H28F8N2O2/c1-3-5-7-9-11-27-13(29)15(19,20)17(23,24)18(25,26)16(21,22)14(30)28-12-10-8-6-4-2/h3-12H2,1-2H3,(H,27,29)(H,28,30). The van der Waals surface area contributed by atoms with E-state index in [0.29, 0.717) is 25.7 Å². The maximum absolute atomic E-state index is 13.8. The first kappa shape index (κ1) is 28.4. The van der Waals surface area contributed by atoms with E-state index in [2.05, 4.69) is 0 Å². The van der Waals surface area contributed by atoms with Gasteiger partial charge in [0.2, 0.25) is 0 Å². The third-order valence-corrected chi connectivity index (χ3v) is 4.39. The van der Waals surface area contributed by atoms with E-state index in [1.54, 1.807) is 0 Å². The lowest BCUT2D eigenvalue weighted by Crippen LogP contribution is -2.69. The van der Waals surface area contributed by atoms with Gasteiger partial charge >= 0.3 is 23.7 Å². The summed E-state index contributed by atoms with van der Waals surface area (Å²) in [7, 11) is 0. The molecule has 2 amide bonds. The lowest BCUT2D eigenvalue weighted by molar-refractivity contribution is -0.347. The number of rotatable bonds is 15. The third kappa shape index (κ3) is 6.44. The predicted molar refractivity (Wildman–Crippen MR) is 94.1 cm³/mol. The zero-order chi connectivity index (χ0) is 23.6. The van der Waals surface area contributed by atoms with Crippen LogP contribution in [-0.4, -0.2) is 48.6 Å². The number of hydrogen-bond donors (Lipinski definition) is 2. The zero-order valence-corrected chi connectivity index (χ0v) is 16.9. The minimum Gasteiger partial charge on any atom is -0.351 e. The highest BCUT2D eigenvalue weighted by Crippen LogP contribution is 2.52. The number of carbonyl (C=O) groups excluding carboxylic acids is 2. The lowest BCUT2D eigenvalue weighted by atomic mass is 9.97. The van der Waals surface area contributed by atoms with Crippen LogP contribution < -0.4 is 10.6 Å². The first-order valence-corrected chi connectivity index (χ1v) is 9.79. The summed E-state index contributed by atoms with van der Waals surface area (Å²) in [5.74, 6) is -31.6. The predicted octanol–water partition coefficient (Wildman–Crippen LogP) is 4.92. The molecule has 0 fully saturated rings. The van der Waals surface area contributed by atoms with E-state index in [1.165, 1.54) is 10.6 Å². The molecule has 0 aliphatic carbocycles. The van der Waals surface area contributed by atoms with Gasteiger partial charge in [-0.25, -0.2) is 0 Å². The summed E-state index contributed by atoms with van der Waals surface area (Å²) in [5.41, 5.74) is 0. The molecule has 0 unspecified atom stereocenters. The highest BCUT2D eigenvalue weighted by atomic mass is 19.4. The van der Waals surface area contributed by atoms with Gasteiger partial charge in [-0.05, 0) is 12.8 Å². The van der Waals surface area contributed by atoms with Crippen LogP contribution in [0.2, 0.25) is 0 Å². The Hall–Kier alpha value is -1.62. The fraction of sp³-hybridized carbons (Fsp3) is 0.889. The Morgan fingerprint density at radius 2 is 0.867 bits per heavy atom. The van der Waals surface area contributed by atoms with Crippen LogP contribution in [0.4, 0.5) is 35.1 Å². The molecule has 0 radical (unpaired) electrons. The van der Waals surface area contributed by atoms with Crippen LogP contribution in [0.5, 0.6) is 0 Å². The summed E-state index contributed by atoms with van der Waals surface area (Å²) >= 11 is 0. The van der Waals surface area contributed by atoms with Gasteiger partial charge in [-0.2, -0.15) is 35.1 Å². The van der Waals surface area contributed by atoms with Crippen LogP contribution in [0.1, 0.15) is 65.2 Å². The topological polar surface area (TPSA) is 58.2 Å². The van der Waals surface area contributed by atoms with Gasteiger partial charge in [0.1, 0.15) is 0 Å². The number of nitrogens with one attached hydrogen (secondary N) is 2. The van der Waals surface area contributed by atoms with Crippen molar-refractivity contribution in [3.8, 4) is 0 Å². The van der Waals surface area contributed by atoms with Crippen molar-refractivity contribution in [2.45, 2.75) is 88.9 Å². The summed E-state index contributed by atoms with van der Waals surface area (Å²) in [6.07, 6.45) is 3.90. The molecule has 0 aromatic rings. The summed E-state index contributed by atoms with van der Waals surface area (Å²) in [5, 5.41) is 2.69. The van der Waals surface area contributed by atoms with Crippen LogP contribution in [0.25, 0.3) is 0 Å². The van der Waals surface area contributed by atoms with Crippen LogP contribution in [0.3, 0.4) is 0 Å². The fourth-order valence-corrected chi connectivity index (χ4v) is 2.41. The van der Waals surface area contributed by atoms with Crippen molar-refractivity contribution in [2.24, 2.45) is 0 Å².